The largest absolute Gasteiger partial charge is 0.337 e. The lowest BCUT2D eigenvalue weighted by atomic mass is 9.84. The van der Waals surface area contributed by atoms with Gasteiger partial charge in [-0.15, -0.1) is 0 Å². The lowest BCUT2D eigenvalue weighted by Crippen LogP contribution is -2.47. The highest BCUT2D eigenvalue weighted by Crippen LogP contribution is 2.27. The van der Waals surface area contributed by atoms with Crippen LogP contribution >= 0.6 is 0 Å². The highest BCUT2D eigenvalue weighted by Gasteiger charge is 2.28. The van der Waals surface area contributed by atoms with E-state index < -0.39 is 0 Å². The number of fused-ring (bicyclic) bond motifs is 1. The number of nitrogens with zero attached hydrogens (tertiary/aromatic N) is 1. The summed E-state index contributed by atoms with van der Waals surface area (Å²) in [5.41, 5.74) is 8.42. The third kappa shape index (κ3) is 2.73. The smallest absolute Gasteiger partial charge is 0.254 e. The summed E-state index contributed by atoms with van der Waals surface area (Å²) in [6, 6.07) is 8.10. The van der Waals surface area contributed by atoms with Gasteiger partial charge in [-0.1, -0.05) is 37.5 Å². The van der Waals surface area contributed by atoms with Crippen LogP contribution < -0.4 is 5.73 Å². The van der Waals surface area contributed by atoms with Crippen LogP contribution in [0.3, 0.4) is 0 Å². The molecule has 3 heteroatoms. The van der Waals surface area contributed by atoms with Gasteiger partial charge in [0.1, 0.15) is 0 Å². The first kappa shape index (κ1) is 13.6. The van der Waals surface area contributed by atoms with E-state index in [0.29, 0.717) is 5.92 Å². The van der Waals surface area contributed by atoms with Gasteiger partial charge in [0.05, 0.1) is 0 Å². The summed E-state index contributed by atoms with van der Waals surface area (Å²) in [7, 11) is 0. The van der Waals surface area contributed by atoms with Crippen LogP contribution in [0.1, 0.15) is 48.0 Å². The molecule has 0 spiro atoms. The third-order valence-corrected chi connectivity index (χ3v) is 4.87. The highest BCUT2D eigenvalue weighted by atomic mass is 16.2. The maximum absolute atomic E-state index is 12.5. The molecular formula is C17H24N2O. The Morgan fingerprint density at radius 3 is 2.75 bits per heavy atom. The van der Waals surface area contributed by atoms with Crippen molar-refractivity contribution in [1.82, 2.24) is 4.90 Å². The zero-order valence-corrected chi connectivity index (χ0v) is 12.1. The zero-order chi connectivity index (χ0) is 13.9. The molecule has 0 radical (unpaired) electrons. The average Bonchev–Trinajstić information content (AvgIpc) is 2.51. The van der Waals surface area contributed by atoms with Crippen molar-refractivity contribution < 1.29 is 4.79 Å². The predicted molar refractivity (Wildman–Crippen MR) is 80.6 cm³/mol. The molecule has 1 aromatic carbocycles. The number of hydrogen-bond acceptors (Lipinski definition) is 2. The number of nitrogens with two attached hydrogens (primary N) is 1. The Kier molecular flexibility index (Phi) is 4.06. The van der Waals surface area contributed by atoms with E-state index in [-0.39, 0.29) is 11.9 Å². The van der Waals surface area contributed by atoms with Crippen molar-refractivity contribution in [2.75, 3.05) is 13.1 Å². The van der Waals surface area contributed by atoms with Crippen molar-refractivity contribution in [2.24, 2.45) is 11.7 Å². The quantitative estimate of drug-likeness (QED) is 0.919. The molecule has 1 aromatic rings. The molecular weight excluding hydrogens is 248 g/mol. The van der Waals surface area contributed by atoms with Crippen molar-refractivity contribution in [3.63, 3.8) is 0 Å². The van der Waals surface area contributed by atoms with Crippen molar-refractivity contribution in [3.05, 3.63) is 35.4 Å². The SMILES string of the molecule is NC(CN1CCc2ccccc2C1=O)C1CCCCC1. The molecule has 3 nitrogen and oxygen atoms in total. The van der Waals surface area contributed by atoms with Crippen LogP contribution in [0.2, 0.25) is 0 Å². The lowest BCUT2D eigenvalue weighted by molar-refractivity contribution is 0.0711. The molecule has 108 valence electrons. The predicted octanol–water partition coefficient (Wildman–Crippen LogP) is 2.59. The molecule has 2 N–H and O–H groups in total. The minimum atomic E-state index is 0.143. The van der Waals surface area contributed by atoms with E-state index in [9.17, 15) is 4.79 Å². The Bertz CT molecular complexity index is 480. The van der Waals surface area contributed by atoms with Crippen LogP contribution in [0.15, 0.2) is 24.3 Å². The van der Waals surface area contributed by atoms with E-state index in [1.807, 2.05) is 23.1 Å². The average molecular weight is 272 g/mol. The Morgan fingerprint density at radius 1 is 1.20 bits per heavy atom. The summed E-state index contributed by atoms with van der Waals surface area (Å²) in [5.74, 6) is 0.770. The summed E-state index contributed by atoms with van der Waals surface area (Å²) in [6.45, 7) is 1.54. The second-order valence-corrected chi connectivity index (χ2v) is 6.22. The van der Waals surface area contributed by atoms with E-state index >= 15 is 0 Å². The lowest BCUT2D eigenvalue weighted by Gasteiger charge is -2.34. The van der Waals surface area contributed by atoms with Gasteiger partial charge in [0.15, 0.2) is 0 Å². The van der Waals surface area contributed by atoms with Gasteiger partial charge < -0.3 is 10.6 Å². The Morgan fingerprint density at radius 2 is 1.95 bits per heavy atom. The second kappa shape index (κ2) is 5.96. The number of amides is 1. The molecule has 3 rings (SSSR count). The molecule has 1 aliphatic carbocycles. The molecule has 1 unspecified atom stereocenters. The van der Waals surface area contributed by atoms with E-state index in [2.05, 4.69) is 6.07 Å². The van der Waals surface area contributed by atoms with Crippen molar-refractivity contribution in [3.8, 4) is 0 Å². The Balaban J connectivity index is 1.65. The fourth-order valence-corrected chi connectivity index (χ4v) is 3.61. The second-order valence-electron chi connectivity index (χ2n) is 6.22. The Hall–Kier alpha value is -1.35. The van der Waals surface area contributed by atoms with Gasteiger partial charge in [-0.2, -0.15) is 0 Å². The highest BCUT2D eigenvalue weighted by molar-refractivity contribution is 5.96. The molecule has 1 saturated carbocycles. The van der Waals surface area contributed by atoms with Crippen molar-refractivity contribution in [1.29, 1.82) is 0 Å². The normalized spacial score (nSPS) is 21.6. The summed E-state index contributed by atoms with van der Waals surface area (Å²) in [4.78, 5) is 14.5. The zero-order valence-electron chi connectivity index (χ0n) is 12.1. The summed E-state index contributed by atoms with van der Waals surface area (Å²) >= 11 is 0. The van der Waals surface area contributed by atoms with Gasteiger partial charge in [0.25, 0.3) is 5.91 Å². The first-order valence-corrected chi connectivity index (χ1v) is 7.88. The minimum absolute atomic E-state index is 0.143. The molecule has 1 fully saturated rings. The molecule has 0 saturated heterocycles. The first-order chi connectivity index (χ1) is 9.75. The number of benzene rings is 1. The van der Waals surface area contributed by atoms with Crippen LogP contribution in [0.4, 0.5) is 0 Å². The van der Waals surface area contributed by atoms with Crippen molar-refractivity contribution in [2.45, 2.75) is 44.6 Å². The van der Waals surface area contributed by atoms with E-state index in [4.69, 9.17) is 5.73 Å². The number of carbonyl (C=O) groups is 1. The number of hydrogen-bond donors (Lipinski definition) is 1. The van der Waals surface area contributed by atoms with Gasteiger partial charge in [0, 0.05) is 24.7 Å². The van der Waals surface area contributed by atoms with Gasteiger partial charge in [-0.3, -0.25) is 4.79 Å². The van der Waals surface area contributed by atoms with E-state index in [0.717, 1.165) is 25.1 Å². The monoisotopic (exact) mass is 272 g/mol. The third-order valence-electron chi connectivity index (χ3n) is 4.87. The van der Waals surface area contributed by atoms with E-state index in [1.165, 1.54) is 37.7 Å². The van der Waals surface area contributed by atoms with E-state index in [1.54, 1.807) is 0 Å². The minimum Gasteiger partial charge on any atom is -0.337 e. The van der Waals surface area contributed by atoms with Crippen LogP contribution in [-0.2, 0) is 6.42 Å². The first-order valence-electron chi connectivity index (χ1n) is 7.88. The van der Waals surface area contributed by atoms with Gasteiger partial charge in [-0.25, -0.2) is 0 Å². The molecule has 20 heavy (non-hydrogen) atoms. The standard InChI is InChI=1S/C17H24N2O/c18-16(14-7-2-1-3-8-14)12-19-11-10-13-6-4-5-9-15(13)17(19)20/h4-6,9,14,16H,1-3,7-8,10-12,18H2. The van der Waals surface area contributed by atoms with Gasteiger partial charge in [0.2, 0.25) is 0 Å². The summed E-state index contributed by atoms with van der Waals surface area (Å²) in [6.07, 6.45) is 7.38. The summed E-state index contributed by atoms with van der Waals surface area (Å²) < 4.78 is 0. The molecule has 1 atom stereocenters. The topological polar surface area (TPSA) is 46.3 Å². The van der Waals surface area contributed by atoms with Crippen LogP contribution in [0, 0.1) is 5.92 Å². The molecule has 1 amide bonds. The molecule has 2 aliphatic rings. The van der Waals surface area contributed by atoms with Gasteiger partial charge in [-0.05, 0) is 36.8 Å². The fourth-order valence-electron chi connectivity index (χ4n) is 3.61. The molecule has 1 aliphatic heterocycles. The maximum atomic E-state index is 12.5. The van der Waals surface area contributed by atoms with Crippen LogP contribution in [0.5, 0.6) is 0 Å². The number of carbonyl (C=O) groups excluding carboxylic acids is 1. The van der Waals surface area contributed by atoms with Gasteiger partial charge >= 0.3 is 0 Å². The molecule has 0 aromatic heterocycles. The summed E-state index contributed by atoms with van der Waals surface area (Å²) in [5, 5.41) is 0. The fraction of sp³-hybridized carbons (Fsp3) is 0.588. The molecule has 1 heterocycles. The van der Waals surface area contributed by atoms with Crippen molar-refractivity contribution >= 4 is 5.91 Å². The van der Waals surface area contributed by atoms with Crippen LogP contribution in [0.25, 0.3) is 0 Å². The Labute approximate surface area is 121 Å². The maximum Gasteiger partial charge on any atom is 0.254 e. The molecule has 0 bridgehead atoms. The van der Waals surface area contributed by atoms with Crippen LogP contribution in [-0.4, -0.2) is 29.9 Å². The number of rotatable bonds is 3.